The van der Waals surface area contributed by atoms with Crippen molar-refractivity contribution in [2.24, 2.45) is 4.99 Å². The second-order valence-corrected chi connectivity index (χ2v) is 10.7. The number of aliphatic imine (C=N–C) groups is 1. The molecule has 2 atom stereocenters. The highest BCUT2D eigenvalue weighted by Gasteiger charge is 2.41. The van der Waals surface area contributed by atoms with Gasteiger partial charge in [0.25, 0.3) is 5.69 Å². The van der Waals surface area contributed by atoms with Crippen LogP contribution in [0.25, 0.3) is 0 Å². The molecule has 0 unspecified atom stereocenters. The highest BCUT2D eigenvalue weighted by Crippen LogP contribution is 2.39. The molecule has 2 aliphatic rings. The molecule has 3 rings (SSSR count). The quantitative estimate of drug-likeness (QED) is 0.391. The number of non-ortho nitro benzene ring substituents is 1. The van der Waals surface area contributed by atoms with Crippen molar-refractivity contribution in [2.45, 2.75) is 96.9 Å². The molecule has 0 aromatic heterocycles. The number of hydrogen-bond donors (Lipinski definition) is 0. The van der Waals surface area contributed by atoms with E-state index in [1.54, 1.807) is 30.0 Å². The summed E-state index contributed by atoms with van der Waals surface area (Å²) >= 11 is 1.79. The van der Waals surface area contributed by atoms with Gasteiger partial charge in [-0.2, -0.15) is 0 Å². The fourth-order valence-electron chi connectivity index (χ4n) is 4.48. The Morgan fingerprint density at radius 1 is 1.23 bits per heavy atom. The minimum Gasteiger partial charge on any atom is -0.371 e. The summed E-state index contributed by atoms with van der Waals surface area (Å²) in [7, 11) is 0. The summed E-state index contributed by atoms with van der Waals surface area (Å²) in [4.78, 5) is 18.5. The molecule has 1 saturated heterocycles. The van der Waals surface area contributed by atoms with Crippen LogP contribution in [0.3, 0.4) is 0 Å². The number of ether oxygens (including phenoxy) is 1. The van der Waals surface area contributed by atoms with Crippen molar-refractivity contribution in [1.82, 2.24) is 4.90 Å². The lowest BCUT2D eigenvalue weighted by Gasteiger charge is -2.37. The molecular formula is C23H35N3O3S. The molecule has 2 fully saturated rings. The highest BCUT2D eigenvalue weighted by atomic mass is 32.2. The van der Waals surface area contributed by atoms with E-state index in [4.69, 9.17) is 9.73 Å². The van der Waals surface area contributed by atoms with Gasteiger partial charge in [-0.1, -0.05) is 38.5 Å². The third-order valence-electron chi connectivity index (χ3n) is 5.82. The van der Waals surface area contributed by atoms with Crippen LogP contribution in [0.15, 0.2) is 23.2 Å². The van der Waals surface area contributed by atoms with Gasteiger partial charge >= 0.3 is 0 Å². The molecule has 6 nitrogen and oxygen atoms in total. The molecule has 1 heterocycles. The molecule has 30 heavy (non-hydrogen) atoms. The molecule has 0 amide bonds. The Labute approximate surface area is 184 Å². The largest absolute Gasteiger partial charge is 0.371 e. The molecule has 0 N–H and O–H groups in total. The lowest BCUT2D eigenvalue weighted by molar-refractivity contribution is -0.384. The molecule has 1 aromatic carbocycles. The number of amidine groups is 1. The molecular weight excluding hydrogens is 398 g/mol. The molecule has 1 aliphatic carbocycles. The number of nitro benzene ring substituents is 1. The van der Waals surface area contributed by atoms with Crippen LogP contribution in [0.1, 0.15) is 78.7 Å². The standard InChI is InChI=1S/C23H35N3O3S/c1-15(2)19-13-18(26(27)28)11-12-20(19)24-22-25(17-9-7-8-10-17)21(14-30-22)16(3)29-23(4,5)6/h11-13,15-17,21H,7-10,14H2,1-6H3/b24-22-/t16-,21+/m1/s1. The van der Waals surface area contributed by atoms with Crippen molar-refractivity contribution in [3.05, 3.63) is 33.9 Å². The summed E-state index contributed by atoms with van der Waals surface area (Å²) in [5.41, 5.74) is 1.70. The molecule has 1 aliphatic heterocycles. The summed E-state index contributed by atoms with van der Waals surface area (Å²) in [6.07, 6.45) is 5.00. The van der Waals surface area contributed by atoms with E-state index in [2.05, 4.69) is 46.4 Å². The maximum atomic E-state index is 11.2. The second-order valence-electron chi connectivity index (χ2n) is 9.71. The Kier molecular flexibility index (Phi) is 7.13. The lowest BCUT2D eigenvalue weighted by atomic mass is 10.0. The number of nitrogens with zero attached hydrogens (tertiary/aromatic N) is 3. The van der Waals surface area contributed by atoms with Crippen LogP contribution in [0.2, 0.25) is 0 Å². The Bertz CT molecular complexity index is 797. The molecule has 0 radical (unpaired) electrons. The summed E-state index contributed by atoms with van der Waals surface area (Å²) in [5, 5.41) is 12.3. The van der Waals surface area contributed by atoms with Crippen LogP contribution in [-0.2, 0) is 4.74 Å². The lowest BCUT2D eigenvalue weighted by Crippen LogP contribution is -2.48. The summed E-state index contributed by atoms with van der Waals surface area (Å²) in [6, 6.07) is 5.82. The predicted molar refractivity (Wildman–Crippen MR) is 125 cm³/mol. The fourth-order valence-corrected chi connectivity index (χ4v) is 5.82. The van der Waals surface area contributed by atoms with Crippen LogP contribution in [0.4, 0.5) is 11.4 Å². The van der Waals surface area contributed by atoms with Crippen LogP contribution < -0.4 is 0 Å². The van der Waals surface area contributed by atoms with Crippen molar-refractivity contribution in [3.63, 3.8) is 0 Å². The first-order valence-corrected chi connectivity index (χ1v) is 12.0. The summed E-state index contributed by atoms with van der Waals surface area (Å²) in [6.45, 7) is 12.6. The highest BCUT2D eigenvalue weighted by molar-refractivity contribution is 8.14. The summed E-state index contributed by atoms with van der Waals surface area (Å²) in [5.74, 6) is 1.12. The zero-order valence-electron chi connectivity index (χ0n) is 19.1. The van der Waals surface area contributed by atoms with Gasteiger partial charge < -0.3 is 9.64 Å². The first-order valence-electron chi connectivity index (χ1n) is 11.0. The summed E-state index contributed by atoms with van der Waals surface area (Å²) < 4.78 is 6.33. The van der Waals surface area contributed by atoms with Gasteiger partial charge in [-0.25, -0.2) is 4.99 Å². The van der Waals surface area contributed by atoms with Crippen LogP contribution in [0, 0.1) is 10.1 Å². The Hall–Kier alpha value is -1.60. The first kappa shape index (κ1) is 23.1. The van der Waals surface area contributed by atoms with Gasteiger partial charge in [0.1, 0.15) is 0 Å². The number of nitro groups is 1. The average molecular weight is 434 g/mol. The van der Waals surface area contributed by atoms with Gasteiger partial charge in [0.15, 0.2) is 5.17 Å². The second kappa shape index (κ2) is 9.27. The molecule has 0 spiro atoms. The Morgan fingerprint density at radius 2 is 1.90 bits per heavy atom. The van der Waals surface area contributed by atoms with E-state index in [-0.39, 0.29) is 34.3 Å². The SMILES string of the molecule is CC(C)c1cc([N+](=O)[O-])ccc1/N=C1\SC[C@@H]([C@@H](C)OC(C)(C)C)N1C1CCCC1. The van der Waals surface area contributed by atoms with Crippen molar-refractivity contribution in [2.75, 3.05) is 5.75 Å². The Morgan fingerprint density at radius 3 is 2.47 bits per heavy atom. The van der Waals surface area contributed by atoms with Gasteiger partial charge in [0.05, 0.1) is 28.4 Å². The van der Waals surface area contributed by atoms with Crippen molar-refractivity contribution >= 4 is 28.3 Å². The smallest absolute Gasteiger partial charge is 0.269 e. The number of benzene rings is 1. The van der Waals surface area contributed by atoms with E-state index in [9.17, 15) is 10.1 Å². The maximum absolute atomic E-state index is 11.2. The van der Waals surface area contributed by atoms with Crippen molar-refractivity contribution in [3.8, 4) is 0 Å². The Balaban J connectivity index is 1.95. The third-order valence-corrected chi connectivity index (χ3v) is 6.89. The number of hydrogen-bond acceptors (Lipinski definition) is 5. The molecule has 1 saturated carbocycles. The van der Waals surface area contributed by atoms with E-state index in [0.29, 0.717) is 6.04 Å². The molecule has 7 heteroatoms. The average Bonchev–Trinajstić information content (AvgIpc) is 3.29. The number of rotatable bonds is 6. The van der Waals surface area contributed by atoms with Crippen LogP contribution in [-0.4, -0.2) is 44.5 Å². The van der Waals surface area contributed by atoms with E-state index in [1.807, 2.05) is 0 Å². The first-order chi connectivity index (χ1) is 14.1. The van der Waals surface area contributed by atoms with Gasteiger partial charge in [-0.15, -0.1) is 0 Å². The number of thioether (sulfide) groups is 1. The minimum absolute atomic E-state index is 0.104. The monoisotopic (exact) mass is 433 g/mol. The zero-order valence-corrected chi connectivity index (χ0v) is 19.9. The van der Waals surface area contributed by atoms with E-state index < -0.39 is 0 Å². The maximum Gasteiger partial charge on any atom is 0.269 e. The van der Waals surface area contributed by atoms with Gasteiger partial charge in [-0.3, -0.25) is 10.1 Å². The normalized spacial score (nSPS) is 23.0. The third kappa shape index (κ3) is 5.35. The fraction of sp³-hybridized carbons (Fsp3) is 0.696. The van der Waals surface area contributed by atoms with E-state index in [1.165, 1.54) is 25.7 Å². The zero-order chi connectivity index (χ0) is 22.1. The molecule has 166 valence electrons. The van der Waals surface area contributed by atoms with Gasteiger partial charge in [0, 0.05) is 23.9 Å². The van der Waals surface area contributed by atoms with E-state index >= 15 is 0 Å². The van der Waals surface area contributed by atoms with Crippen LogP contribution in [0.5, 0.6) is 0 Å². The van der Waals surface area contributed by atoms with Crippen molar-refractivity contribution in [1.29, 1.82) is 0 Å². The minimum atomic E-state index is -0.334. The van der Waals surface area contributed by atoms with Crippen LogP contribution >= 0.6 is 11.8 Å². The molecule has 1 aromatic rings. The van der Waals surface area contributed by atoms with Crippen molar-refractivity contribution < 1.29 is 9.66 Å². The topological polar surface area (TPSA) is 68.0 Å². The van der Waals surface area contributed by atoms with E-state index in [0.717, 1.165) is 22.2 Å². The van der Waals surface area contributed by atoms with Gasteiger partial charge in [0.2, 0.25) is 0 Å². The predicted octanol–water partition coefficient (Wildman–Crippen LogP) is 6.27. The van der Waals surface area contributed by atoms with Gasteiger partial charge in [-0.05, 0) is 58.1 Å². The molecule has 0 bridgehead atoms.